The highest BCUT2D eigenvalue weighted by atomic mass is 19.2. The molecule has 0 aromatic heterocycles. The molecule has 3 atom stereocenters. The molecule has 0 saturated carbocycles. The molecule has 3 fully saturated rings. The normalized spacial score (nSPS) is 30.4. The van der Waals surface area contributed by atoms with Crippen molar-refractivity contribution in [2.24, 2.45) is 0 Å². The standard InChI is InChI=1S/C22H29F2N3O3/c1-15-4-2-3-8-26(15)12-21(29)27-11-17(16-5-6-18(23)19(24)10-16)22(13-27)14-30-9-7-20(28)25-22/h5-6,10,15,17H,2-4,7-9,11-14H2,1H3,(H,25,28)/t15?,17-,22-/m0/s1. The highest BCUT2D eigenvalue weighted by Crippen LogP contribution is 2.38. The number of hydrogen-bond donors (Lipinski definition) is 1. The number of amides is 2. The van der Waals surface area contributed by atoms with E-state index in [1.807, 2.05) is 0 Å². The first-order valence-corrected chi connectivity index (χ1v) is 10.7. The molecular formula is C22H29F2N3O3. The van der Waals surface area contributed by atoms with Crippen molar-refractivity contribution in [2.75, 3.05) is 39.4 Å². The van der Waals surface area contributed by atoms with E-state index in [1.54, 1.807) is 4.90 Å². The van der Waals surface area contributed by atoms with Crippen LogP contribution in [-0.2, 0) is 14.3 Å². The maximum Gasteiger partial charge on any atom is 0.236 e. The summed E-state index contributed by atoms with van der Waals surface area (Å²) in [5, 5.41) is 3.05. The fourth-order valence-electron chi connectivity index (χ4n) is 4.99. The van der Waals surface area contributed by atoms with Gasteiger partial charge in [0.05, 0.1) is 25.3 Å². The minimum atomic E-state index is -0.935. The fourth-order valence-corrected chi connectivity index (χ4v) is 4.99. The summed E-state index contributed by atoms with van der Waals surface area (Å²) >= 11 is 0. The molecule has 1 N–H and O–H groups in total. The smallest absolute Gasteiger partial charge is 0.236 e. The Bertz CT molecular complexity index is 821. The number of hydrogen-bond acceptors (Lipinski definition) is 4. The van der Waals surface area contributed by atoms with E-state index in [1.165, 1.54) is 18.6 Å². The van der Waals surface area contributed by atoms with E-state index in [2.05, 4.69) is 17.1 Å². The van der Waals surface area contributed by atoms with Gasteiger partial charge in [0.25, 0.3) is 0 Å². The molecule has 0 radical (unpaired) electrons. The molecule has 1 spiro atoms. The van der Waals surface area contributed by atoms with E-state index in [0.29, 0.717) is 37.8 Å². The van der Waals surface area contributed by atoms with Gasteiger partial charge in [-0.1, -0.05) is 12.5 Å². The fraction of sp³-hybridized carbons (Fsp3) is 0.636. The van der Waals surface area contributed by atoms with Gasteiger partial charge in [0, 0.05) is 31.5 Å². The zero-order valence-corrected chi connectivity index (χ0v) is 17.3. The average molecular weight is 421 g/mol. The predicted molar refractivity (Wildman–Crippen MR) is 107 cm³/mol. The van der Waals surface area contributed by atoms with Crippen LogP contribution in [0.25, 0.3) is 0 Å². The number of nitrogens with one attached hydrogen (secondary N) is 1. The van der Waals surface area contributed by atoms with Crippen molar-refractivity contribution >= 4 is 11.8 Å². The lowest BCUT2D eigenvalue weighted by Gasteiger charge is -2.35. The lowest BCUT2D eigenvalue weighted by Crippen LogP contribution is -2.56. The number of rotatable bonds is 3. The van der Waals surface area contributed by atoms with Gasteiger partial charge in [0.2, 0.25) is 11.8 Å². The van der Waals surface area contributed by atoms with E-state index in [0.717, 1.165) is 25.5 Å². The number of piperidine rings is 1. The van der Waals surface area contributed by atoms with Gasteiger partial charge in [-0.3, -0.25) is 14.5 Å². The Labute approximate surface area is 175 Å². The largest absolute Gasteiger partial charge is 0.378 e. The molecule has 3 aliphatic rings. The third kappa shape index (κ3) is 4.21. The maximum absolute atomic E-state index is 14.0. The number of benzene rings is 1. The number of likely N-dealkylation sites (tertiary alicyclic amines) is 2. The summed E-state index contributed by atoms with van der Waals surface area (Å²) in [6, 6.07) is 4.15. The minimum absolute atomic E-state index is 0.00768. The molecule has 4 rings (SSSR count). The second-order valence-corrected chi connectivity index (χ2v) is 8.82. The van der Waals surface area contributed by atoms with Gasteiger partial charge in [0.15, 0.2) is 11.6 Å². The zero-order chi connectivity index (χ0) is 21.3. The van der Waals surface area contributed by atoms with Crippen LogP contribution in [0.4, 0.5) is 8.78 Å². The Morgan fingerprint density at radius 3 is 2.90 bits per heavy atom. The molecule has 30 heavy (non-hydrogen) atoms. The molecule has 3 heterocycles. The summed E-state index contributed by atoms with van der Waals surface area (Å²) in [4.78, 5) is 29.4. The highest BCUT2D eigenvalue weighted by Gasteiger charge is 2.51. The van der Waals surface area contributed by atoms with Gasteiger partial charge in [-0.2, -0.15) is 0 Å². The summed E-state index contributed by atoms with van der Waals surface area (Å²) in [6.45, 7) is 4.53. The molecule has 1 aromatic carbocycles. The van der Waals surface area contributed by atoms with Gasteiger partial charge < -0.3 is 15.0 Å². The SMILES string of the molecule is CC1CCCCN1CC(=O)N1C[C@@H](c2ccc(F)c(F)c2)[C@@]2(COCCC(=O)N2)C1. The molecule has 164 valence electrons. The first-order valence-electron chi connectivity index (χ1n) is 10.7. The predicted octanol–water partition coefficient (Wildman–Crippen LogP) is 2.04. The van der Waals surface area contributed by atoms with E-state index in [9.17, 15) is 18.4 Å². The molecule has 8 heteroatoms. The summed E-state index contributed by atoms with van der Waals surface area (Å²) in [5.41, 5.74) is -0.289. The van der Waals surface area contributed by atoms with Gasteiger partial charge in [-0.25, -0.2) is 8.78 Å². The van der Waals surface area contributed by atoms with Gasteiger partial charge >= 0.3 is 0 Å². The zero-order valence-electron chi connectivity index (χ0n) is 17.3. The summed E-state index contributed by atoms with van der Waals surface area (Å²) in [5.74, 6) is -2.39. The molecule has 1 aromatic rings. The molecule has 3 saturated heterocycles. The Morgan fingerprint density at radius 2 is 2.13 bits per heavy atom. The molecule has 3 aliphatic heterocycles. The number of carbonyl (C=O) groups excluding carboxylic acids is 2. The minimum Gasteiger partial charge on any atom is -0.378 e. The van der Waals surface area contributed by atoms with Crippen molar-refractivity contribution in [2.45, 2.75) is 50.1 Å². The number of nitrogens with zero attached hydrogens (tertiary/aromatic N) is 2. The quantitative estimate of drug-likeness (QED) is 0.812. The van der Waals surface area contributed by atoms with Crippen LogP contribution in [-0.4, -0.2) is 72.6 Å². The van der Waals surface area contributed by atoms with E-state index >= 15 is 0 Å². The van der Waals surface area contributed by atoms with E-state index in [-0.39, 0.29) is 30.8 Å². The third-order valence-corrected chi connectivity index (χ3v) is 6.74. The van der Waals surface area contributed by atoms with Crippen molar-refractivity contribution in [3.8, 4) is 0 Å². The lowest BCUT2D eigenvalue weighted by molar-refractivity contribution is -0.133. The van der Waals surface area contributed by atoms with Gasteiger partial charge in [0.1, 0.15) is 0 Å². The average Bonchev–Trinajstić information content (AvgIpc) is 2.97. The Hall–Kier alpha value is -2.06. The Balaban J connectivity index is 1.59. The van der Waals surface area contributed by atoms with Crippen molar-refractivity contribution in [3.63, 3.8) is 0 Å². The van der Waals surface area contributed by atoms with Crippen LogP contribution in [0.5, 0.6) is 0 Å². The Morgan fingerprint density at radius 1 is 1.30 bits per heavy atom. The monoisotopic (exact) mass is 421 g/mol. The molecule has 0 aliphatic carbocycles. The third-order valence-electron chi connectivity index (χ3n) is 6.74. The summed E-state index contributed by atoms with van der Waals surface area (Å²) in [7, 11) is 0. The molecule has 0 bridgehead atoms. The molecular weight excluding hydrogens is 392 g/mol. The topological polar surface area (TPSA) is 61.9 Å². The number of carbonyl (C=O) groups is 2. The lowest BCUT2D eigenvalue weighted by atomic mass is 9.82. The van der Waals surface area contributed by atoms with E-state index < -0.39 is 17.2 Å². The second-order valence-electron chi connectivity index (χ2n) is 8.82. The van der Waals surface area contributed by atoms with Crippen LogP contribution in [0.3, 0.4) is 0 Å². The van der Waals surface area contributed by atoms with Crippen LogP contribution < -0.4 is 5.32 Å². The molecule has 6 nitrogen and oxygen atoms in total. The first-order chi connectivity index (χ1) is 14.4. The second kappa shape index (κ2) is 8.59. The van der Waals surface area contributed by atoms with E-state index in [4.69, 9.17) is 4.74 Å². The van der Waals surface area contributed by atoms with Crippen LogP contribution in [0.1, 0.15) is 44.1 Å². The van der Waals surface area contributed by atoms with Crippen LogP contribution in [0.15, 0.2) is 18.2 Å². The first kappa shape index (κ1) is 21.2. The highest BCUT2D eigenvalue weighted by molar-refractivity contribution is 5.81. The van der Waals surface area contributed by atoms with Crippen molar-refractivity contribution in [1.29, 1.82) is 0 Å². The molecule has 2 amide bonds. The maximum atomic E-state index is 14.0. The van der Waals surface area contributed by atoms with Gasteiger partial charge in [-0.05, 0) is 44.0 Å². The number of halogens is 2. The van der Waals surface area contributed by atoms with Crippen molar-refractivity contribution < 1.29 is 23.1 Å². The van der Waals surface area contributed by atoms with Crippen molar-refractivity contribution in [1.82, 2.24) is 15.1 Å². The van der Waals surface area contributed by atoms with Gasteiger partial charge in [-0.15, -0.1) is 0 Å². The van der Waals surface area contributed by atoms with Crippen LogP contribution >= 0.6 is 0 Å². The Kier molecular flexibility index (Phi) is 6.06. The summed E-state index contributed by atoms with van der Waals surface area (Å²) in [6.07, 6.45) is 3.59. The molecule has 1 unspecified atom stereocenters. The van der Waals surface area contributed by atoms with Crippen LogP contribution in [0.2, 0.25) is 0 Å². The number of ether oxygens (including phenoxy) is 1. The van der Waals surface area contributed by atoms with Crippen molar-refractivity contribution in [3.05, 3.63) is 35.4 Å². The summed E-state index contributed by atoms with van der Waals surface area (Å²) < 4.78 is 33.2. The van der Waals surface area contributed by atoms with Crippen LogP contribution in [0, 0.1) is 11.6 Å².